The van der Waals surface area contributed by atoms with Crippen LogP contribution in [-0.2, 0) is 14.6 Å². The second-order valence-corrected chi connectivity index (χ2v) is 10.2. The van der Waals surface area contributed by atoms with E-state index < -0.39 is 48.4 Å². The Bertz CT molecular complexity index is 1690. The van der Waals surface area contributed by atoms with E-state index in [4.69, 9.17) is 11.6 Å². The number of carbonyl (C=O) groups is 2. The Labute approximate surface area is 213 Å². The van der Waals surface area contributed by atoms with Crippen LogP contribution >= 0.6 is 11.6 Å². The fraction of sp³-hybridized carbons (Fsp3) is 0.120. The Morgan fingerprint density at radius 1 is 1.03 bits per heavy atom. The van der Waals surface area contributed by atoms with Gasteiger partial charge in [-0.2, -0.15) is 13.2 Å². The number of methoxy groups -OCH3 is 1. The summed E-state index contributed by atoms with van der Waals surface area (Å²) in [5.74, 6) is -2.69. The van der Waals surface area contributed by atoms with Gasteiger partial charge < -0.3 is 9.14 Å². The van der Waals surface area contributed by atoms with Crippen molar-refractivity contribution in [3.8, 4) is 11.1 Å². The molecule has 0 saturated carbocycles. The normalized spacial score (nSPS) is 12.1. The molecular formula is C25H16ClF4NO5S. The van der Waals surface area contributed by atoms with Gasteiger partial charge in [-0.05, 0) is 48.9 Å². The van der Waals surface area contributed by atoms with E-state index in [1.54, 1.807) is 12.1 Å². The molecule has 0 saturated heterocycles. The van der Waals surface area contributed by atoms with Crippen molar-refractivity contribution in [2.45, 2.75) is 17.3 Å². The van der Waals surface area contributed by atoms with Crippen LogP contribution in [0, 0.1) is 12.7 Å². The zero-order valence-corrected chi connectivity index (χ0v) is 20.6. The van der Waals surface area contributed by atoms with Crippen LogP contribution in [0.5, 0.6) is 0 Å². The number of sulfone groups is 1. The lowest BCUT2D eigenvalue weighted by Gasteiger charge is -2.14. The predicted molar refractivity (Wildman–Crippen MR) is 127 cm³/mol. The number of pyridine rings is 1. The Kier molecular flexibility index (Phi) is 6.63. The monoisotopic (exact) mass is 553 g/mol. The predicted octanol–water partition coefficient (Wildman–Crippen LogP) is 6.02. The molecule has 6 nitrogen and oxygen atoms in total. The molecule has 0 fully saturated rings. The van der Waals surface area contributed by atoms with Crippen LogP contribution in [0.15, 0.2) is 65.7 Å². The van der Waals surface area contributed by atoms with Crippen LogP contribution in [0.1, 0.15) is 32.0 Å². The Balaban J connectivity index is 2.01. The summed E-state index contributed by atoms with van der Waals surface area (Å²) in [6.07, 6.45) is 1.43. The largest absolute Gasteiger partial charge is 0.501 e. The second kappa shape index (κ2) is 9.31. The molecule has 0 aliphatic heterocycles. The van der Waals surface area contributed by atoms with Crippen molar-refractivity contribution in [3.63, 3.8) is 0 Å². The van der Waals surface area contributed by atoms with Crippen LogP contribution in [0.2, 0.25) is 5.02 Å². The number of alkyl halides is 3. The number of ketones is 1. The highest BCUT2D eigenvalue weighted by Gasteiger charge is 2.49. The maximum atomic E-state index is 15.2. The molecule has 0 spiro atoms. The smallest absolute Gasteiger partial charge is 0.465 e. The molecule has 0 radical (unpaired) electrons. The lowest BCUT2D eigenvalue weighted by molar-refractivity contribution is -0.0436. The molecule has 0 bridgehead atoms. The van der Waals surface area contributed by atoms with Crippen LogP contribution in [0.25, 0.3) is 16.6 Å². The molecule has 0 amide bonds. The van der Waals surface area contributed by atoms with Crippen molar-refractivity contribution in [2.75, 3.05) is 7.11 Å². The molecule has 4 aromatic rings. The van der Waals surface area contributed by atoms with Crippen LogP contribution in [0.4, 0.5) is 17.6 Å². The van der Waals surface area contributed by atoms with Gasteiger partial charge in [0.25, 0.3) is 9.84 Å². The van der Waals surface area contributed by atoms with Crippen molar-refractivity contribution in [3.05, 3.63) is 94.0 Å². The minimum absolute atomic E-state index is 0.00445. The third-order valence-electron chi connectivity index (χ3n) is 5.76. The van der Waals surface area contributed by atoms with Crippen LogP contribution in [-0.4, -0.2) is 37.2 Å². The molecule has 12 heteroatoms. The Hall–Kier alpha value is -3.70. The van der Waals surface area contributed by atoms with E-state index in [1.165, 1.54) is 35.7 Å². The third kappa shape index (κ3) is 4.27. The van der Waals surface area contributed by atoms with Gasteiger partial charge in [0.1, 0.15) is 5.82 Å². The molecule has 2 aromatic carbocycles. The standard InChI is InChI=1S/C25H16ClF4NO5S/c1-13-20(15-10-9-14(12-17(15)27)24(33)36-2)18-7-3-4-11-31(18)22(13)23(32)21-16(26)6-5-8-19(21)37(34,35)25(28,29)30/h3-12H,1-2H3. The highest BCUT2D eigenvalue weighted by Crippen LogP contribution is 2.39. The van der Waals surface area contributed by atoms with Crippen molar-refractivity contribution < 1.29 is 40.3 Å². The minimum atomic E-state index is -5.93. The van der Waals surface area contributed by atoms with Gasteiger partial charge in [-0.15, -0.1) is 0 Å². The number of hydrogen-bond acceptors (Lipinski definition) is 5. The van der Waals surface area contributed by atoms with Gasteiger partial charge >= 0.3 is 11.5 Å². The van der Waals surface area contributed by atoms with E-state index in [9.17, 15) is 31.2 Å². The summed E-state index contributed by atoms with van der Waals surface area (Å²) >= 11 is 6.08. The molecule has 0 aliphatic rings. The summed E-state index contributed by atoms with van der Waals surface area (Å²) in [6.45, 7) is 1.44. The first-order chi connectivity index (χ1) is 17.3. The number of rotatable bonds is 5. The summed E-state index contributed by atoms with van der Waals surface area (Å²) < 4.78 is 85.8. The van der Waals surface area contributed by atoms with E-state index >= 15 is 4.39 Å². The number of aromatic nitrogens is 1. The molecule has 2 heterocycles. The first-order valence-corrected chi connectivity index (χ1v) is 12.3. The summed E-state index contributed by atoms with van der Waals surface area (Å²) in [7, 11) is -4.80. The lowest BCUT2D eigenvalue weighted by atomic mass is 9.97. The zero-order chi connectivity index (χ0) is 27.3. The van der Waals surface area contributed by atoms with Crippen molar-refractivity contribution >= 4 is 38.7 Å². The number of hydrogen-bond donors (Lipinski definition) is 0. The Morgan fingerprint density at radius 3 is 2.35 bits per heavy atom. The summed E-state index contributed by atoms with van der Waals surface area (Å²) in [6, 6.07) is 11.0. The van der Waals surface area contributed by atoms with E-state index in [-0.39, 0.29) is 27.9 Å². The molecule has 0 unspecified atom stereocenters. The zero-order valence-electron chi connectivity index (χ0n) is 19.1. The number of benzene rings is 2. The van der Waals surface area contributed by atoms with Gasteiger partial charge in [0, 0.05) is 17.3 Å². The molecule has 0 atom stereocenters. The van der Waals surface area contributed by atoms with Crippen LogP contribution in [0.3, 0.4) is 0 Å². The van der Waals surface area contributed by atoms with Gasteiger partial charge in [0.15, 0.2) is 0 Å². The van der Waals surface area contributed by atoms with Crippen LogP contribution < -0.4 is 0 Å². The molecule has 4 rings (SSSR count). The summed E-state index contributed by atoms with van der Waals surface area (Å²) in [5, 5.41) is -0.504. The second-order valence-electron chi connectivity index (χ2n) is 7.88. The SMILES string of the molecule is COC(=O)c1ccc(-c2c(C)c(C(=O)c3c(Cl)cccc3S(=O)(=O)C(F)(F)F)n3ccccc23)c(F)c1. The third-order valence-corrected chi connectivity index (χ3v) is 7.60. The summed E-state index contributed by atoms with van der Waals surface area (Å²) in [4.78, 5) is 24.2. The van der Waals surface area contributed by atoms with E-state index in [0.29, 0.717) is 11.6 Å². The topological polar surface area (TPSA) is 81.9 Å². The van der Waals surface area contributed by atoms with Gasteiger partial charge in [0.2, 0.25) is 5.78 Å². The number of nitrogens with zero attached hydrogens (tertiary/aromatic N) is 1. The van der Waals surface area contributed by atoms with E-state index in [2.05, 4.69) is 4.74 Å². The molecular weight excluding hydrogens is 538 g/mol. The van der Waals surface area contributed by atoms with Crippen molar-refractivity contribution in [1.82, 2.24) is 4.40 Å². The van der Waals surface area contributed by atoms with Crippen molar-refractivity contribution in [2.24, 2.45) is 0 Å². The number of carbonyl (C=O) groups excluding carboxylic acids is 2. The number of halogens is 5. The highest BCUT2D eigenvalue weighted by atomic mass is 35.5. The molecule has 0 aliphatic carbocycles. The lowest BCUT2D eigenvalue weighted by Crippen LogP contribution is -2.26. The maximum absolute atomic E-state index is 15.2. The van der Waals surface area contributed by atoms with Gasteiger partial charge in [-0.3, -0.25) is 4.79 Å². The summed E-state index contributed by atoms with van der Waals surface area (Å²) in [5.41, 5.74) is -6.15. The van der Waals surface area contributed by atoms with E-state index in [1.807, 2.05) is 0 Å². The maximum Gasteiger partial charge on any atom is 0.501 e. The Morgan fingerprint density at radius 2 is 1.73 bits per heavy atom. The number of esters is 1. The first kappa shape index (κ1) is 26.4. The molecule has 37 heavy (non-hydrogen) atoms. The molecule has 0 N–H and O–H groups in total. The fourth-order valence-electron chi connectivity index (χ4n) is 4.11. The molecule has 2 aromatic heterocycles. The fourth-order valence-corrected chi connectivity index (χ4v) is 5.40. The van der Waals surface area contributed by atoms with Crippen molar-refractivity contribution in [1.29, 1.82) is 0 Å². The van der Waals surface area contributed by atoms with Gasteiger partial charge in [-0.1, -0.05) is 29.8 Å². The van der Waals surface area contributed by atoms with Gasteiger partial charge in [0.05, 0.1) is 39.4 Å². The average Bonchev–Trinajstić information content (AvgIpc) is 3.13. The minimum Gasteiger partial charge on any atom is -0.465 e. The van der Waals surface area contributed by atoms with E-state index in [0.717, 1.165) is 25.3 Å². The number of fused-ring (bicyclic) bond motifs is 1. The average molecular weight is 554 g/mol. The highest BCUT2D eigenvalue weighted by molar-refractivity contribution is 7.92. The first-order valence-electron chi connectivity index (χ1n) is 10.4. The van der Waals surface area contributed by atoms with Gasteiger partial charge in [-0.25, -0.2) is 17.6 Å². The number of ether oxygens (including phenoxy) is 1. The quantitative estimate of drug-likeness (QED) is 0.171. The molecule has 192 valence electrons.